The van der Waals surface area contributed by atoms with Gasteiger partial charge in [0.2, 0.25) is 0 Å². The van der Waals surface area contributed by atoms with Crippen LogP contribution in [0.5, 0.6) is 0 Å². The van der Waals surface area contributed by atoms with Gasteiger partial charge in [-0.3, -0.25) is 0 Å². The number of carbonyl (C=O) groups is 1. The van der Waals surface area contributed by atoms with E-state index >= 15 is 0 Å². The average Bonchev–Trinajstić information content (AvgIpc) is 2.05. The number of hydrogen-bond donors (Lipinski definition) is 2. The molecule has 1 fully saturated rings. The van der Waals surface area contributed by atoms with Gasteiger partial charge in [0.1, 0.15) is 5.67 Å². The van der Waals surface area contributed by atoms with Gasteiger partial charge >= 0.3 is 6.09 Å². The van der Waals surface area contributed by atoms with E-state index in [1.54, 1.807) is 0 Å². The number of aliphatic hydroxyl groups is 1. The Kier molecular flexibility index (Phi) is 3.08. The van der Waals surface area contributed by atoms with Gasteiger partial charge in [-0.05, 0) is 12.8 Å². The molecule has 76 valence electrons. The molecule has 1 heterocycles. The molecule has 1 rings (SSSR count). The van der Waals surface area contributed by atoms with E-state index in [-0.39, 0.29) is 39.0 Å². The highest BCUT2D eigenvalue weighted by molar-refractivity contribution is 5.65. The van der Waals surface area contributed by atoms with Crippen molar-refractivity contribution in [3.8, 4) is 0 Å². The van der Waals surface area contributed by atoms with Crippen molar-refractivity contribution in [2.45, 2.75) is 24.9 Å². The first-order valence-electron chi connectivity index (χ1n) is 4.35. The molecule has 0 atom stereocenters. The summed E-state index contributed by atoms with van der Waals surface area (Å²) in [6, 6.07) is 0. The molecule has 0 aromatic heterocycles. The summed E-state index contributed by atoms with van der Waals surface area (Å²) < 4.78 is 13.6. The van der Waals surface area contributed by atoms with Crippen LogP contribution >= 0.6 is 0 Å². The Morgan fingerprint density at radius 1 is 1.46 bits per heavy atom. The molecule has 1 saturated heterocycles. The van der Waals surface area contributed by atoms with E-state index in [9.17, 15) is 9.18 Å². The highest BCUT2D eigenvalue weighted by Gasteiger charge is 2.35. The average molecular weight is 191 g/mol. The summed E-state index contributed by atoms with van der Waals surface area (Å²) >= 11 is 0. The Hall–Kier alpha value is -0.840. The zero-order chi connectivity index (χ0) is 9.90. The largest absolute Gasteiger partial charge is 0.465 e. The van der Waals surface area contributed by atoms with Gasteiger partial charge in [-0.1, -0.05) is 0 Å². The van der Waals surface area contributed by atoms with Gasteiger partial charge in [-0.25, -0.2) is 9.18 Å². The number of rotatable bonds is 2. The van der Waals surface area contributed by atoms with Gasteiger partial charge in [0.15, 0.2) is 0 Å². The molecule has 0 aliphatic carbocycles. The second-order valence-electron chi connectivity index (χ2n) is 3.39. The number of amides is 1. The van der Waals surface area contributed by atoms with E-state index in [0.717, 1.165) is 0 Å². The van der Waals surface area contributed by atoms with Crippen LogP contribution in [0.3, 0.4) is 0 Å². The number of alkyl halides is 1. The molecular weight excluding hydrogens is 177 g/mol. The fourth-order valence-corrected chi connectivity index (χ4v) is 1.55. The Morgan fingerprint density at radius 3 is 2.38 bits per heavy atom. The Bertz CT molecular complexity index is 190. The predicted octanol–water partition coefficient (Wildman–Crippen LogP) is 0.851. The number of piperidine rings is 1. The van der Waals surface area contributed by atoms with Crippen LogP contribution < -0.4 is 0 Å². The van der Waals surface area contributed by atoms with Crippen LogP contribution in [-0.2, 0) is 0 Å². The molecule has 1 aliphatic rings. The van der Waals surface area contributed by atoms with E-state index in [0.29, 0.717) is 0 Å². The van der Waals surface area contributed by atoms with E-state index in [1.807, 2.05) is 0 Å². The third kappa shape index (κ3) is 2.55. The Balaban J connectivity index is 2.41. The number of nitrogens with zero attached hydrogens (tertiary/aromatic N) is 1. The zero-order valence-corrected chi connectivity index (χ0v) is 7.37. The summed E-state index contributed by atoms with van der Waals surface area (Å²) in [5.41, 5.74) is -1.36. The second-order valence-corrected chi connectivity index (χ2v) is 3.39. The third-order valence-corrected chi connectivity index (χ3v) is 2.49. The smallest absolute Gasteiger partial charge is 0.407 e. The molecule has 0 saturated carbocycles. The topological polar surface area (TPSA) is 60.8 Å². The van der Waals surface area contributed by atoms with Crippen LogP contribution in [0.25, 0.3) is 0 Å². The fraction of sp³-hybridized carbons (Fsp3) is 0.875. The summed E-state index contributed by atoms with van der Waals surface area (Å²) in [6.45, 7) is 0.279. The molecule has 0 radical (unpaired) electrons. The number of hydrogen-bond acceptors (Lipinski definition) is 2. The number of aliphatic hydroxyl groups excluding tert-OH is 1. The van der Waals surface area contributed by atoms with Crippen molar-refractivity contribution in [2.75, 3.05) is 19.7 Å². The van der Waals surface area contributed by atoms with Crippen LogP contribution in [0.2, 0.25) is 0 Å². The van der Waals surface area contributed by atoms with Crippen LogP contribution in [0.1, 0.15) is 19.3 Å². The van der Waals surface area contributed by atoms with Crippen molar-refractivity contribution in [1.82, 2.24) is 4.90 Å². The maximum atomic E-state index is 13.6. The summed E-state index contributed by atoms with van der Waals surface area (Å²) in [5.74, 6) is 0. The minimum Gasteiger partial charge on any atom is -0.465 e. The SMILES string of the molecule is O=C(O)N1CCC(F)(CCO)CC1. The predicted molar refractivity (Wildman–Crippen MR) is 44.4 cm³/mol. The van der Waals surface area contributed by atoms with Gasteiger partial charge < -0.3 is 15.1 Å². The minimum absolute atomic E-state index is 0.112. The van der Waals surface area contributed by atoms with Crippen LogP contribution in [0.15, 0.2) is 0 Å². The zero-order valence-electron chi connectivity index (χ0n) is 7.37. The van der Waals surface area contributed by atoms with E-state index < -0.39 is 11.8 Å². The van der Waals surface area contributed by atoms with E-state index in [2.05, 4.69) is 0 Å². The van der Waals surface area contributed by atoms with Crippen molar-refractivity contribution in [1.29, 1.82) is 0 Å². The lowest BCUT2D eigenvalue weighted by Gasteiger charge is -2.34. The summed E-state index contributed by atoms with van der Waals surface area (Å²) in [6.07, 6.45) is -0.494. The normalized spacial score (nSPS) is 21.5. The van der Waals surface area contributed by atoms with E-state index in [1.165, 1.54) is 4.90 Å². The highest BCUT2D eigenvalue weighted by Crippen LogP contribution is 2.29. The van der Waals surface area contributed by atoms with Gasteiger partial charge in [0.05, 0.1) is 0 Å². The summed E-state index contributed by atoms with van der Waals surface area (Å²) in [7, 11) is 0. The molecular formula is C8H14FNO3. The standard InChI is InChI=1S/C8H14FNO3/c9-8(3-6-11)1-4-10(5-2-8)7(12)13/h11H,1-6H2,(H,12,13). The van der Waals surface area contributed by atoms with Crippen molar-refractivity contribution < 1.29 is 19.4 Å². The molecule has 0 unspecified atom stereocenters. The van der Waals surface area contributed by atoms with Gasteiger partial charge in [-0.2, -0.15) is 0 Å². The minimum atomic E-state index is -1.36. The van der Waals surface area contributed by atoms with Gasteiger partial charge in [0.25, 0.3) is 0 Å². The molecule has 13 heavy (non-hydrogen) atoms. The molecule has 0 spiro atoms. The van der Waals surface area contributed by atoms with Crippen LogP contribution in [0, 0.1) is 0 Å². The van der Waals surface area contributed by atoms with Crippen LogP contribution in [-0.4, -0.2) is 46.6 Å². The second kappa shape index (κ2) is 3.91. The highest BCUT2D eigenvalue weighted by atomic mass is 19.1. The lowest BCUT2D eigenvalue weighted by molar-refractivity contribution is 0.0381. The molecule has 5 heteroatoms. The lowest BCUT2D eigenvalue weighted by Crippen LogP contribution is -2.44. The van der Waals surface area contributed by atoms with Crippen molar-refractivity contribution in [2.24, 2.45) is 0 Å². The molecule has 1 aliphatic heterocycles. The Labute approximate surface area is 76.0 Å². The fourth-order valence-electron chi connectivity index (χ4n) is 1.55. The molecule has 0 bridgehead atoms. The third-order valence-electron chi connectivity index (χ3n) is 2.49. The first kappa shape index (κ1) is 10.2. The molecule has 0 aromatic carbocycles. The number of likely N-dealkylation sites (tertiary alicyclic amines) is 1. The van der Waals surface area contributed by atoms with E-state index in [4.69, 9.17) is 10.2 Å². The lowest BCUT2D eigenvalue weighted by atomic mass is 9.90. The maximum Gasteiger partial charge on any atom is 0.407 e. The monoisotopic (exact) mass is 191 g/mol. The molecule has 2 N–H and O–H groups in total. The molecule has 1 amide bonds. The Morgan fingerprint density at radius 2 is 2.00 bits per heavy atom. The summed E-state index contributed by atoms with van der Waals surface area (Å²) in [4.78, 5) is 11.7. The summed E-state index contributed by atoms with van der Waals surface area (Å²) in [5, 5.41) is 17.2. The first-order chi connectivity index (χ1) is 6.07. The first-order valence-corrected chi connectivity index (χ1v) is 4.35. The van der Waals surface area contributed by atoms with Crippen molar-refractivity contribution >= 4 is 6.09 Å². The van der Waals surface area contributed by atoms with Crippen molar-refractivity contribution in [3.63, 3.8) is 0 Å². The van der Waals surface area contributed by atoms with Gasteiger partial charge in [-0.15, -0.1) is 0 Å². The number of carboxylic acid groups (broad SMARTS) is 1. The quantitative estimate of drug-likeness (QED) is 0.680. The van der Waals surface area contributed by atoms with Crippen molar-refractivity contribution in [3.05, 3.63) is 0 Å². The van der Waals surface area contributed by atoms with Gasteiger partial charge in [0, 0.05) is 26.1 Å². The van der Waals surface area contributed by atoms with Crippen LogP contribution in [0.4, 0.5) is 9.18 Å². The molecule has 4 nitrogen and oxygen atoms in total. The number of halogens is 1. The maximum absolute atomic E-state index is 13.6. The molecule has 0 aromatic rings.